The lowest BCUT2D eigenvalue weighted by Gasteiger charge is -2.27. The van der Waals surface area contributed by atoms with Gasteiger partial charge >= 0.3 is 0 Å². The van der Waals surface area contributed by atoms with Crippen LogP contribution in [0, 0.1) is 11.8 Å². The first-order valence-electron chi connectivity index (χ1n) is 6.81. The fourth-order valence-corrected chi connectivity index (χ4v) is 2.31. The van der Waals surface area contributed by atoms with Crippen LogP contribution in [0.15, 0.2) is 0 Å². The molecule has 102 valence electrons. The number of hydrogen-bond donors (Lipinski definition) is 2. The molecule has 0 heterocycles. The third-order valence-electron chi connectivity index (χ3n) is 2.96. The average molecular weight is 242 g/mol. The van der Waals surface area contributed by atoms with Crippen LogP contribution in [0.2, 0.25) is 0 Å². The minimum atomic E-state index is -0.0944. The smallest absolute Gasteiger partial charge is 0.220 e. The van der Waals surface area contributed by atoms with Gasteiger partial charge in [0.05, 0.1) is 0 Å². The maximum atomic E-state index is 11.9. The second-order valence-corrected chi connectivity index (χ2v) is 6.12. The molecular formula is C14H30N2O. The Kier molecular flexibility index (Phi) is 7.44. The van der Waals surface area contributed by atoms with Crippen molar-refractivity contribution in [2.75, 3.05) is 6.54 Å². The predicted molar refractivity (Wildman–Crippen MR) is 73.7 cm³/mol. The molecule has 0 spiro atoms. The Labute approximate surface area is 107 Å². The molecule has 3 N–H and O–H groups in total. The number of carbonyl (C=O) groups excluding carboxylic acids is 1. The van der Waals surface area contributed by atoms with E-state index in [2.05, 4.69) is 39.9 Å². The standard InChI is InChI=1S/C14H30N2O/c1-6-7-14(4,5)16-13(17)9-12(10-15)8-11(2)3/h11-12H,6-10,15H2,1-5H3,(H,16,17)/t12-/m0/s1. The summed E-state index contributed by atoms with van der Waals surface area (Å²) in [6.45, 7) is 11.2. The van der Waals surface area contributed by atoms with Crippen molar-refractivity contribution in [2.45, 2.75) is 65.8 Å². The molecule has 0 aromatic heterocycles. The summed E-state index contributed by atoms with van der Waals surface area (Å²) < 4.78 is 0. The van der Waals surface area contributed by atoms with Crippen molar-refractivity contribution in [1.82, 2.24) is 5.32 Å². The second-order valence-electron chi connectivity index (χ2n) is 6.12. The van der Waals surface area contributed by atoms with Crippen LogP contribution in [0.1, 0.15) is 60.3 Å². The second kappa shape index (κ2) is 7.70. The zero-order valence-electron chi connectivity index (χ0n) is 12.2. The summed E-state index contributed by atoms with van der Waals surface area (Å²) in [5, 5.41) is 3.10. The van der Waals surface area contributed by atoms with Crippen molar-refractivity contribution in [3.05, 3.63) is 0 Å². The number of nitrogens with one attached hydrogen (secondary N) is 1. The lowest BCUT2D eigenvalue weighted by Crippen LogP contribution is -2.44. The molecule has 1 amide bonds. The molecule has 0 aliphatic heterocycles. The number of nitrogens with two attached hydrogens (primary N) is 1. The molecule has 3 heteroatoms. The molecule has 0 saturated carbocycles. The molecule has 0 saturated heterocycles. The van der Waals surface area contributed by atoms with Gasteiger partial charge in [0.25, 0.3) is 0 Å². The van der Waals surface area contributed by atoms with Crippen molar-refractivity contribution in [2.24, 2.45) is 17.6 Å². The maximum absolute atomic E-state index is 11.9. The van der Waals surface area contributed by atoms with E-state index in [0.717, 1.165) is 19.3 Å². The van der Waals surface area contributed by atoms with Gasteiger partial charge < -0.3 is 11.1 Å². The van der Waals surface area contributed by atoms with Gasteiger partial charge in [-0.2, -0.15) is 0 Å². The van der Waals surface area contributed by atoms with E-state index in [1.807, 2.05) is 0 Å². The molecule has 17 heavy (non-hydrogen) atoms. The van der Waals surface area contributed by atoms with Gasteiger partial charge in [0.1, 0.15) is 0 Å². The summed E-state index contributed by atoms with van der Waals surface area (Å²) in [4.78, 5) is 11.9. The van der Waals surface area contributed by atoms with Gasteiger partial charge in [0.2, 0.25) is 5.91 Å². The first kappa shape index (κ1) is 16.4. The van der Waals surface area contributed by atoms with Gasteiger partial charge in [-0.05, 0) is 45.1 Å². The van der Waals surface area contributed by atoms with Crippen molar-refractivity contribution in [3.8, 4) is 0 Å². The maximum Gasteiger partial charge on any atom is 0.220 e. The number of rotatable bonds is 8. The van der Waals surface area contributed by atoms with E-state index in [9.17, 15) is 4.79 Å². The van der Waals surface area contributed by atoms with E-state index in [-0.39, 0.29) is 11.4 Å². The third kappa shape index (κ3) is 8.19. The molecular weight excluding hydrogens is 212 g/mol. The molecule has 3 nitrogen and oxygen atoms in total. The van der Waals surface area contributed by atoms with Crippen LogP contribution < -0.4 is 11.1 Å². The minimum Gasteiger partial charge on any atom is -0.351 e. The molecule has 0 unspecified atom stereocenters. The van der Waals surface area contributed by atoms with Gasteiger partial charge in [-0.25, -0.2) is 0 Å². The monoisotopic (exact) mass is 242 g/mol. The first-order valence-corrected chi connectivity index (χ1v) is 6.81. The van der Waals surface area contributed by atoms with Crippen LogP contribution in [0.25, 0.3) is 0 Å². The highest BCUT2D eigenvalue weighted by Crippen LogP contribution is 2.16. The largest absolute Gasteiger partial charge is 0.351 e. The average Bonchev–Trinajstić information content (AvgIpc) is 2.14. The normalized spacial score (nSPS) is 13.8. The summed E-state index contributed by atoms with van der Waals surface area (Å²) in [6, 6.07) is 0. The van der Waals surface area contributed by atoms with Gasteiger partial charge in [0, 0.05) is 12.0 Å². The van der Waals surface area contributed by atoms with Crippen molar-refractivity contribution >= 4 is 5.91 Å². The highest BCUT2D eigenvalue weighted by atomic mass is 16.1. The molecule has 0 fully saturated rings. The molecule has 0 aliphatic rings. The molecule has 0 aromatic rings. The topological polar surface area (TPSA) is 55.1 Å². The number of amides is 1. The Morgan fingerprint density at radius 2 is 1.94 bits per heavy atom. The van der Waals surface area contributed by atoms with Gasteiger partial charge in [-0.15, -0.1) is 0 Å². The molecule has 0 rings (SSSR count). The van der Waals surface area contributed by atoms with E-state index in [1.165, 1.54) is 0 Å². The zero-order valence-corrected chi connectivity index (χ0v) is 12.2. The van der Waals surface area contributed by atoms with E-state index >= 15 is 0 Å². The summed E-state index contributed by atoms with van der Waals surface area (Å²) in [5.74, 6) is 1.05. The highest BCUT2D eigenvalue weighted by molar-refractivity contribution is 5.76. The van der Waals surface area contributed by atoms with Crippen molar-refractivity contribution < 1.29 is 4.79 Å². The minimum absolute atomic E-state index is 0.0944. The van der Waals surface area contributed by atoms with Gasteiger partial charge in [-0.3, -0.25) is 4.79 Å². The fraction of sp³-hybridized carbons (Fsp3) is 0.929. The SMILES string of the molecule is CCCC(C)(C)NC(=O)C[C@@H](CN)CC(C)C. The fourth-order valence-electron chi connectivity index (χ4n) is 2.31. The van der Waals surface area contributed by atoms with Crippen LogP contribution in [0.5, 0.6) is 0 Å². The molecule has 0 radical (unpaired) electrons. The molecule has 0 aromatic carbocycles. The summed E-state index contributed by atoms with van der Waals surface area (Å²) in [6.07, 6.45) is 3.68. The Balaban J connectivity index is 4.14. The van der Waals surface area contributed by atoms with Gasteiger partial charge in [0.15, 0.2) is 0 Å². The lowest BCUT2D eigenvalue weighted by molar-refractivity contribution is -0.123. The van der Waals surface area contributed by atoms with E-state index in [4.69, 9.17) is 5.73 Å². The number of carbonyl (C=O) groups is 1. The van der Waals surface area contributed by atoms with Crippen LogP contribution in [0.3, 0.4) is 0 Å². The molecule has 0 bridgehead atoms. The Morgan fingerprint density at radius 1 is 1.35 bits per heavy atom. The third-order valence-corrected chi connectivity index (χ3v) is 2.96. The van der Waals surface area contributed by atoms with Gasteiger partial charge in [-0.1, -0.05) is 27.2 Å². The Morgan fingerprint density at radius 3 is 2.35 bits per heavy atom. The van der Waals surface area contributed by atoms with E-state index in [0.29, 0.717) is 24.8 Å². The quantitative estimate of drug-likeness (QED) is 0.687. The molecule has 1 atom stereocenters. The van der Waals surface area contributed by atoms with Crippen LogP contribution in [0.4, 0.5) is 0 Å². The zero-order chi connectivity index (χ0) is 13.5. The molecule has 0 aliphatic carbocycles. The predicted octanol–water partition coefficient (Wildman–Crippen LogP) is 2.69. The van der Waals surface area contributed by atoms with Crippen LogP contribution in [-0.2, 0) is 4.79 Å². The first-order chi connectivity index (χ1) is 7.80. The Bertz CT molecular complexity index is 224. The summed E-state index contributed by atoms with van der Waals surface area (Å²) in [5.41, 5.74) is 5.62. The summed E-state index contributed by atoms with van der Waals surface area (Å²) >= 11 is 0. The Hall–Kier alpha value is -0.570. The van der Waals surface area contributed by atoms with Crippen molar-refractivity contribution in [1.29, 1.82) is 0 Å². The van der Waals surface area contributed by atoms with Crippen LogP contribution in [-0.4, -0.2) is 18.0 Å². The van der Waals surface area contributed by atoms with E-state index in [1.54, 1.807) is 0 Å². The van der Waals surface area contributed by atoms with E-state index < -0.39 is 0 Å². The van der Waals surface area contributed by atoms with Crippen LogP contribution >= 0.6 is 0 Å². The summed E-state index contributed by atoms with van der Waals surface area (Å²) in [7, 11) is 0. The lowest BCUT2D eigenvalue weighted by atomic mass is 9.93. The highest BCUT2D eigenvalue weighted by Gasteiger charge is 2.21. The van der Waals surface area contributed by atoms with Crippen molar-refractivity contribution in [3.63, 3.8) is 0 Å². The number of hydrogen-bond acceptors (Lipinski definition) is 2.